The molecule has 116 valence electrons. The fourth-order valence-electron chi connectivity index (χ4n) is 2.23. The highest BCUT2D eigenvalue weighted by Crippen LogP contribution is 2.16. The summed E-state index contributed by atoms with van der Waals surface area (Å²) in [6.45, 7) is 7.08. The summed E-state index contributed by atoms with van der Waals surface area (Å²) < 4.78 is 5.43. The lowest BCUT2D eigenvalue weighted by Gasteiger charge is -2.25. The Labute approximate surface area is 125 Å². The summed E-state index contributed by atoms with van der Waals surface area (Å²) in [4.78, 5) is 23.1. The molecule has 1 atom stereocenters. The van der Waals surface area contributed by atoms with Crippen LogP contribution in [-0.4, -0.2) is 29.1 Å². The lowest BCUT2D eigenvalue weighted by Crippen LogP contribution is -2.53. The van der Waals surface area contributed by atoms with E-state index in [9.17, 15) is 14.7 Å². The molecule has 1 rings (SSSR count). The topological polar surface area (TPSA) is 75.6 Å². The largest absolute Gasteiger partial charge is 0.484 e. The number of amides is 1. The molecular formula is C16H23NO4. The number of hydrogen-bond donors (Lipinski definition) is 2. The number of carboxylic acids is 1. The molecule has 5 nitrogen and oxygen atoms in total. The number of carboxylic acid groups (broad SMARTS) is 1. The van der Waals surface area contributed by atoms with Crippen LogP contribution in [0.15, 0.2) is 18.2 Å². The number of nitrogens with one attached hydrogen (secondary N) is 1. The third kappa shape index (κ3) is 5.10. The molecule has 0 spiro atoms. The van der Waals surface area contributed by atoms with Crippen molar-refractivity contribution in [3.05, 3.63) is 29.3 Å². The summed E-state index contributed by atoms with van der Waals surface area (Å²) in [5, 5.41) is 11.7. The van der Waals surface area contributed by atoms with Crippen LogP contribution in [0.1, 0.15) is 37.8 Å². The molecule has 5 heteroatoms. The zero-order chi connectivity index (χ0) is 16.0. The molecule has 0 saturated heterocycles. The van der Waals surface area contributed by atoms with Gasteiger partial charge in [-0.1, -0.05) is 19.4 Å². The molecule has 1 amide bonds. The van der Waals surface area contributed by atoms with Gasteiger partial charge in [-0.2, -0.15) is 0 Å². The van der Waals surface area contributed by atoms with E-state index >= 15 is 0 Å². The Morgan fingerprint density at radius 3 is 2.29 bits per heavy atom. The minimum Gasteiger partial charge on any atom is -0.484 e. The van der Waals surface area contributed by atoms with Crippen molar-refractivity contribution in [1.29, 1.82) is 0 Å². The predicted molar refractivity (Wildman–Crippen MR) is 80.5 cm³/mol. The summed E-state index contributed by atoms with van der Waals surface area (Å²) in [5.74, 6) is -0.869. The van der Waals surface area contributed by atoms with Gasteiger partial charge in [-0.15, -0.1) is 0 Å². The fraction of sp³-hybridized carbons (Fsp3) is 0.500. The number of benzene rings is 1. The van der Waals surface area contributed by atoms with E-state index in [1.807, 2.05) is 39.0 Å². The van der Waals surface area contributed by atoms with Crippen LogP contribution < -0.4 is 10.1 Å². The van der Waals surface area contributed by atoms with Crippen molar-refractivity contribution in [2.45, 2.75) is 46.1 Å². The minimum absolute atomic E-state index is 0.199. The first-order valence-electron chi connectivity index (χ1n) is 7.02. The van der Waals surface area contributed by atoms with Crippen LogP contribution in [-0.2, 0) is 9.59 Å². The van der Waals surface area contributed by atoms with E-state index < -0.39 is 17.4 Å². The van der Waals surface area contributed by atoms with Crippen molar-refractivity contribution < 1.29 is 19.4 Å². The lowest BCUT2D eigenvalue weighted by atomic mass is 9.96. The van der Waals surface area contributed by atoms with E-state index in [4.69, 9.17) is 4.74 Å². The van der Waals surface area contributed by atoms with E-state index in [2.05, 4.69) is 5.32 Å². The molecular weight excluding hydrogens is 270 g/mol. The molecule has 0 aromatic heterocycles. The number of aryl methyl sites for hydroxylation is 2. The molecule has 1 unspecified atom stereocenters. The number of rotatable bonds is 7. The highest BCUT2D eigenvalue weighted by molar-refractivity contribution is 5.87. The van der Waals surface area contributed by atoms with Crippen LogP contribution in [0, 0.1) is 13.8 Å². The van der Waals surface area contributed by atoms with Crippen molar-refractivity contribution >= 4 is 11.9 Å². The second-order valence-corrected chi connectivity index (χ2v) is 5.55. The summed E-state index contributed by atoms with van der Waals surface area (Å²) in [6.07, 6.45) is 1.04. The van der Waals surface area contributed by atoms with E-state index in [1.54, 1.807) is 0 Å². The molecule has 21 heavy (non-hydrogen) atoms. The van der Waals surface area contributed by atoms with Crippen LogP contribution in [0.5, 0.6) is 5.75 Å². The molecule has 0 heterocycles. The maximum atomic E-state index is 11.9. The smallest absolute Gasteiger partial charge is 0.329 e. The van der Waals surface area contributed by atoms with Crippen molar-refractivity contribution in [2.75, 3.05) is 6.61 Å². The zero-order valence-corrected chi connectivity index (χ0v) is 13.0. The van der Waals surface area contributed by atoms with E-state index in [0.29, 0.717) is 18.6 Å². The number of ether oxygens (including phenoxy) is 1. The highest BCUT2D eigenvalue weighted by atomic mass is 16.5. The van der Waals surface area contributed by atoms with Gasteiger partial charge in [-0.3, -0.25) is 4.79 Å². The van der Waals surface area contributed by atoms with Gasteiger partial charge in [-0.25, -0.2) is 4.79 Å². The number of carbonyl (C=O) groups excluding carboxylic acids is 1. The maximum absolute atomic E-state index is 11.9. The average Bonchev–Trinajstić information content (AvgIpc) is 2.35. The number of carbonyl (C=O) groups is 2. The second kappa shape index (κ2) is 7.11. The Bertz CT molecular complexity index is 507. The first-order valence-corrected chi connectivity index (χ1v) is 7.02. The van der Waals surface area contributed by atoms with Gasteiger partial charge in [0.1, 0.15) is 11.3 Å². The van der Waals surface area contributed by atoms with Gasteiger partial charge < -0.3 is 15.2 Å². The Hall–Kier alpha value is -2.04. The van der Waals surface area contributed by atoms with Crippen LogP contribution in [0.25, 0.3) is 0 Å². The Morgan fingerprint density at radius 1 is 1.24 bits per heavy atom. The Kier molecular flexibility index (Phi) is 5.76. The number of hydrogen-bond acceptors (Lipinski definition) is 3. The Balaban J connectivity index is 2.63. The SMILES string of the molecule is CCCC(C)(NC(=O)COc1cc(C)cc(C)c1)C(=O)O. The molecule has 0 fully saturated rings. The van der Waals surface area contributed by atoms with E-state index in [0.717, 1.165) is 11.1 Å². The van der Waals surface area contributed by atoms with Gasteiger partial charge in [-0.05, 0) is 50.5 Å². The first-order chi connectivity index (χ1) is 9.76. The predicted octanol–water partition coefficient (Wildman–Crippen LogP) is 2.44. The van der Waals surface area contributed by atoms with Gasteiger partial charge in [0.15, 0.2) is 6.61 Å². The average molecular weight is 293 g/mol. The van der Waals surface area contributed by atoms with E-state index in [-0.39, 0.29) is 6.61 Å². The molecule has 1 aromatic rings. The van der Waals surface area contributed by atoms with Gasteiger partial charge in [0.05, 0.1) is 0 Å². The normalized spacial score (nSPS) is 13.3. The molecule has 0 aliphatic carbocycles. The van der Waals surface area contributed by atoms with Gasteiger partial charge in [0, 0.05) is 0 Å². The lowest BCUT2D eigenvalue weighted by molar-refractivity contribution is -0.147. The van der Waals surface area contributed by atoms with Crippen LogP contribution in [0.3, 0.4) is 0 Å². The summed E-state index contributed by atoms with van der Waals surface area (Å²) in [5.41, 5.74) is 0.844. The van der Waals surface area contributed by atoms with Crippen molar-refractivity contribution in [3.8, 4) is 5.75 Å². The quantitative estimate of drug-likeness (QED) is 0.809. The molecule has 0 aliphatic rings. The first kappa shape index (κ1) is 17.0. The highest BCUT2D eigenvalue weighted by Gasteiger charge is 2.33. The van der Waals surface area contributed by atoms with Crippen LogP contribution >= 0.6 is 0 Å². The summed E-state index contributed by atoms with van der Waals surface area (Å²) >= 11 is 0. The van der Waals surface area contributed by atoms with Crippen molar-refractivity contribution in [2.24, 2.45) is 0 Å². The second-order valence-electron chi connectivity index (χ2n) is 5.55. The van der Waals surface area contributed by atoms with Gasteiger partial charge >= 0.3 is 5.97 Å². The molecule has 0 radical (unpaired) electrons. The summed E-state index contributed by atoms with van der Waals surface area (Å²) in [7, 11) is 0. The zero-order valence-electron chi connectivity index (χ0n) is 13.0. The maximum Gasteiger partial charge on any atom is 0.329 e. The molecule has 0 saturated carbocycles. The fourth-order valence-corrected chi connectivity index (χ4v) is 2.23. The van der Waals surface area contributed by atoms with Crippen LogP contribution in [0.2, 0.25) is 0 Å². The standard InChI is InChI=1S/C16H23NO4/c1-5-6-16(4,15(19)20)17-14(18)10-21-13-8-11(2)7-12(3)9-13/h7-9H,5-6,10H2,1-4H3,(H,17,18)(H,19,20). The van der Waals surface area contributed by atoms with Gasteiger partial charge in [0.25, 0.3) is 5.91 Å². The van der Waals surface area contributed by atoms with Crippen LogP contribution in [0.4, 0.5) is 0 Å². The molecule has 0 bridgehead atoms. The third-order valence-electron chi connectivity index (χ3n) is 3.20. The molecule has 1 aromatic carbocycles. The molecule has 2 N–H and O–H groups in total. The minimum atomic E-state index is -1.25. The van der Waals surface area contributed by atoms with Gasteiger partial charge in [0.2, 0.25) is 0 Å². The monoisotopic (exact) mass is 293 g/mol. The summed E-state index contributed by atoms with van der Waals surface area (Å²) in [6, 6.07) is 5.68. The molecule has 0 aliphatic heterocycles. The Morgan fingerprint density at radius 2 is 1.81 bits per heavy atom. The third-order valence-corrected chi connectivity index (χ3v) is 3.20. The van der Waals surface area contributed by atoms with E-state index in [1.165, 1.54) is 6.92 Å². The van der Waals surface area contributed by atoms with Crippen molar-refractivity contribution in [1.82, 2.24) is 5.32 Å². The number of aliphatic carboxylic acids is 1. The van der Waals surface area contributed by atoms with Crippen molar-refractivity contribution in [3.63, 3.8) is 0 Å².